The minimum absolute atomic E-state index is 0.107. The summed E-state index contributed by atoms with van der Waals surface area (Å²) in [5.41, 5.74) is 1.16. The maximum absolute atomic E-state index is 12.8. The number of carbonyl (C=O) groups is 1. The first-order valence-electron chi connectivity index (χ1n) is 5.70. The van der Waals surface area contributed by atoms with Crippen LogP contribution >= 0.6 is 0 Å². The Kier molecular flexibility index (Phi) is 4.25. The second-order valence-electron chi connectivity index (χ2n) is 3.83. The van der Waals surface area contributed by atoms with E-state index < -0.39 is 0 Å². The molecule has 100 valence electrons. The number of carbonyl (C=O) groups excluding carboxylic acids is 1. The number of hydrogen-bond donors (Lipinski definition) is 1. The molecule has 19 heavy (non-hydrogen) atoms. The minimum Gasteiger partial charge on any atom is -0.383 e. The zero-order chi connectivity index (χ0) is 13.7. The van der Waals surface area contributed by atoms with E-state index in [1.807, 2.05) is 0 Å². The average Bonchev–Trinajstić information content (AvgIpc) is 2.89. The van der Waals surface area contributed by atoms with Crippen molar-refractivity contribution in [3.05, 3.63) is 41.9 Å². The van der Waals surface area contributed by atoms with Crippen molar-refractivity contribution in [1.29, 1.82) is 0 Å². The summed E-state index contributed by atoms with van der Waals surface area (Å²) in [6.07, 6.45) is 0. The van der Waals surface area contributed by atoms with Crippen molar-refractivity contribution in [2.24, 2.45) is 0 Å². The lowest BCUT2D eigenvalue weighted by Gasteiger charge is -1.99. The molecule has 1 amide bonds. The SMILES string of the molecule is COCCNC(=O)c1cc(-c2ccc(F)cc2)no1. The van der Waals surface area contributed by atoms with Gasteiger partial charge in [0.2, 0.25) is 5.76 Å². The molecular weight excluding hydrogens is 251 g/mol. The first-order valence-corrected chi connectivity index (χ1v) is 5.70. The maximum atomic E-state index is 12.8. The summed E-state index contributed by atoms with van der Waals surface area (Å²) >= 11 is 0. The van der Waals surface area contributed by atoms with Gasteiger partial charge in [-0.1, -0.05) is 5.16 Å². The van der Waals surface area contributed by atoms with Gasteiger partial charge >= 0.3 is 0 Å². The fraction of sp³-hybridized carbons (Fsp3) is 0.231. The lowest BCUT2D eigenvalue weighted by atomic mass is 10.1. The minimum atomic E-state index is -0.363. The van der Waals surface area contributed by atoms with Gasteiger partial charge in [-0.3, -0.25) is 4.79 Å². The Hall–Kier alpha value is -2.21. The molecule has 2 rings (SSSR count). The van der Waals surface area contributed by atoms with Gasteiger partial charge in [-0.05, 0) is 24.3 Å². The van der Waals surface area contributed by atoms with Crippen LogP contribution in [-0.4, -0.2) is 31.3 Å². The predicted molar refractivity (Wildman–Crippen MR) is 66.1 cm³/mol. The van der Waals surface area contributed by atoms with E-state index in [2.05, 4.69) is 10.5 Å². The molecule has 1 heterocycles. The Morgan fingerprint density at radius 3 is 2.84 bits per heavy atom. The molecule has 0 aliphatic carbocycles. The van der Waals surface area contributed by atoms with Crippen LogP contribution in [0.15, 0.2) is 34.9 Å². The first-order chi connectivity index (χ1) is 9.20. The number of hydrogen-bond acceptors (Lipinski definition) is 4. The van der Waals surface area contributed by atoms with Crippen molar-refractivity contribution < 1.29 is 18.4 Å². The number of nitrogens with one attached hydrogen (secondary N) is 1. The summed E-state index contributed by atoms with van der Waals surface area (Å²) in [6.45, 7) is 0.812. The lowest BCUT2D eigenvalue weighted by Crippen LogP contribution is -2.26. The van der Waals surface area contributed by atoms with Crippen LogP contribution in [0, 0.1) is 5.82 Å². The van der Waals surface area contributed by atoms with E-state index in [0.717, 1.165) is 0 Å². The molecule has 1 aromatic carbocycles. The van der Waals surface area contributed by atoms with Crippen molar-refractivity contribution in [3.63, 3.8) is 0 Å². The number of benzene rings is 1. The number of ether oxygens (including phenoxy) is 1. The number of aromatic nitrogens is 1. The monoisotopic (exact) mass is 264 g/mol. The highest BCUT2D eigenvalue weighted by atomic mass is 19.1. The highest BCUT2D eigenvalue weighted by Crippen LogP contribution is 2.19. The van der Waals surface area contributed by atoms with Gasteiger partial charge in [-0.15, -0.1) is 0 Å². The van der Waals surface area contributed by atoms with Crippen molar-refractivity contribution in [1.82, 2.24) is 10.5 Å². The summed E-state index contributed by atoms with van der Waals surface area (Å²) in [6, 6.07) is 7.29. The van der Waals surface area contributed by atoms with E-state index in [-0.39, 0.29) is 17.5 Å². The van der Waals surface area contributed by atoms with E-state index >= 15 is 0 Å². The smallest absolute Gasteiger partial charge is 0.289 e. The third kappa shape index (κ3) is 3.38. The molecule has 0 aliphatic rings. The highest BCUT2D eigenvalue weighted by molar-refractivity contribution is 5.92. The fourth-order valence-electron chi connectivity index (χ4n) is 1.49. The molecule has 0 fully saturated rings. The molecule has 5 nitrogen and oxygen atoms in total. The van der Waals surface area contributed by atoms with E-state index in [0.29, 0.717) is 24.4 Å². The van der Waals surface area contributed by atoms with Crippen LogP contribution in [0.2, 0.25) is 0 Å². The Morgan fingerprint density at radius 2 is 2.16 bits per heavy atom. The van der Waals surface area contributed by atoms with Gasteiger partial charge in [-0.2, -0.15) is 0 Å². The number of amides is 1. The number of rotatable bonds is 5. The first kappa shape index (κ1) is 13.2. The maximum Gasteiger partial charge on any atom is 0.289 e. The van der Waals surface area contributed by atoms with Crippen molar-refractivity contribution in [2.45, 2.75) is 0 Å². The van der Waals surface area contributed by atoms with Crippen LogP contribution in [0.5, 0.6) is 0 Å². The van der Waals surface area contributed by atoms with Crippen molar-refractivity contribution in [3.8, 4) is 11.3 Å². The largest absolute Gasteiger partial charge is 0.383 e. The van der Waals surface area contributed by atoms with Crippen LogP contribution in [-0.2, 0) is 4.74 Å². The van der Waals surface area contributed by atoms with E-state index in [1.54, 1.807) is 19.2 Å². The van der Waals surface area contributed by atoms with Gasteiger partial charge in [0.15, 0.2) is 0 Å². The quantitative estimate of drug-likeness (QED) is 0.837. The summed E-state index contributed by atoms with van der Waals surface area (Å²) in [5, 5.41) is 6.39. The van der Waals surface area contributed by atoms with Crippen LogP contribution < -0.4 is 5.32 Å². The number of halogens is 1. The van der Waals surface area contributed by atoms with Gasteiger partial charge in [-0.25, -0.2) is 4.39 Å². The third-order valence-corrected chi connectivity index (χ3v) is 2.47. The normalized spacial score (nSPS) is 10.4. The highest BCUT2D eigenvalue weighted by Gasteiger charge is 2.13. The standard InChI is InChI=1S/C13H13FN2O3/c1-18-7-6-15-13(17)12-8-11(16-19-12)9-2-4-10(14)5-3-9/h2-5,8H,6-7H2,1H3,(H,15,17). The Bertz CT molecular complexity index is 551. The molecule has 0 unspecified atom stereocenters. The fourth-order valence-corrected chi connectivity index (χ4v) is 1.49. The van der Waals surface area contributed by atoms with Crippen molar-refractivity contribution in [2.75, 3.05) is 20.3 Å². The van der Waals surface area contributed by atoms with Crippen molar-refractivity contribution >= 4 is 5.91 Å². The summed E-state index contributed by atoms with van der Waals surface area (Å²) in [4.78, 5) is 11.7. The molecule has 0 saturated carbocycles. The molecule has 1 N–H and O–H groups in total. The van der Waals surface area contributed by atoms with E-state index in [9.17, 15) is 9.18 Å². The molecule has 1 aromatic heterocycles. The zero-order valence-corrected chi connectivity index (χ0v) is 10.4. The van der Waals surface area contributed by atoms with Gasteiger partial charge < -0.3 is 14.6 Å². The van der Waals surface area contributed by atoms with Crippen LogP contribution in [0.1, 0.15) is 10.6 Å². The second kappa shape index (κ2) is 6.10. The zero-order valence-electron chi connectivity index (χ0n) is 10.4. The molecule has 0 aliphatic heterocycles. The summed E-state index contributed by atoms with van der Waals surface area (Å²) in [5.74, 6) is -0.585. The third-order valence-electron chi connectivity index (χ3n) is 2.47. The number of nitrogens with zero attached hydrogens (tertiary/aromatic N) is 1. The van der Waals surface area contributed by atoms with E-state index in [1.165, 1.54) is 18.2 Å². The molecule has 0 radical (unpaired) electrons. The Morgan fingerprint density at radius 1 is 1.42 bits per heavy atom. The number of methoxy groups -OCH3 is 1. The summed E-state index contributed by atoms with van der Waals surface area (Å²) < 4.78 is 22.6. The Balaban J connectivity index is 2.06. The van der Waals surface area contributed by atoms with Gasteiger partial charge in [0.1, 0.15) is 11.5 Å². The average molecular weight is 264 g/mol. The van der Waals surface area contributed by atoms with E-state index in [4.69, 9.17) is 9.26 Å². The second-order valence-corrected chi connectivity index (χ2v) is 3.83. The van der Waals surface area contributed by atoms with Gasteiger partial charge in [0.25, 0.3) is 5.91 Å². The van der Waals surface area contributed by atoms with Crippen LogP contribution in [0.4, 0.5) is 4.39 Å². The van der Waals surface area contributed by atoms with Crippen LogP contribution in [0.25, 0.3) is 11.3 Å². The molecule has 0 spiro atoms. The predicted octanol–water partition coefficient (Wildman–Crippen LogP) is 1.86. The van der Waals surface area contributed by atoms with Crippen LogP contribution in [0.3, 0.4) is 0 Å². The summed E-state index contributed by atoms with van der Waals surface area (Å²) in [7, 11) is 1.55. The molecule has 6 heteroatoms. The Labute approximate surface area is 109 Å². The molecule has 0 atom stereocenters. The molecule has 2 aromatic rings. The molecule has 0 bridgehead atoms. The molecule has 0 saturated heterocycles. The topological polar surface area (TPSA) is 64.4 Å². The van der Waals surface area contributed by atoms with Gasteiger partial charge in [0.05, 0.1) is 6.61 Å². The van der Waals surface area contributed by atoms with Gasteiger partial charge in [0, 0.05) is 25.3 Å². The lowest BCUT2D eigenvalue weighted by molar-refractivity contribution is 0.0900. The molecular formula is C13H13FN2O3.